The van der Waals surface area contributed by atoms with Crippen molar-refractivity contribution in [2.24, 2.45) is 5.92 Å². The molecule has 1 amide bonds. The number of hydrogen-bond donors (Lipinski definition) is 2. The number of benzene rings is 1. The van der Waals surface area contributed by atoms with Crippen LogP contribution < -0.4 is 10.6 Å². The second kappa shape index (κ2) is 6.41. The van der Waals surface area contributed by atoms with E-state index in [0.29, 0.717) is 16.6 Å². The van der Waals surface area contributed by atoms with Gasteiger partial charge in [0.2, 0.25) is 5.91 Å². The lowest BCUT2D eigenvalue weighted by molar-refractivity contribution is -0.126. The van der Waals surface area contributed by atoms with Crippen LogP contribution in [-0.4, -0.2) is 25.5 Å². The van der Waals surface area contributed by atoms with Crippen LogP contribution in [0.25, 0.3) is 0 Å². The summed E-state index contributed by atoms with van der Waals surface area (Å²) in [6.45, 7) is 2.29. The van der Waals surface area contributed by atoms with Crippen molar-refractivity contribution in [2.75, 3.05) is 19.6 Å². The highest BCUT2D eigenvalue weighted by atomic mass is 35.5. The fourth-order valence-electron chi connectivity index (χ4n) is 1.83. The second-order valence-electron chi connectivity index (χ2n) is 4.49. The van der Waals surface area contributed by atoms with Gasteiger partial charge < -0.3 is 10.6 Å². The van der Waals surface area contributed by atoms with Crippen molar-refractivity contribution in [3.8, 4) is 0 Å². The van der Waals surface area contributed by atoms with Gasteiger partial charge in [-0.1, -0.05) is 29.3 Å². The van der Waals surface area contributed by atoms with Crippen LogP contribution in [-0.2, 0) is 11.2 Å². The molecule has 0 radical (unpaired) electrons. The third-order valence-corrected chi connectivity index (χ3v) is 3.68. The van der Waals surface area contributed by atoms with Crippen molar-refractivity contribution in [2.45, 2.75) is 12.8 Å². The maximum Gasteiger partial charge on any atom is 0.225 e. The SMILES string of the molecule is O=C(NCCCc1ccc(Cl)cc1Cl)C1CNC1. The highest BCUT2D eigenvalue weighted by molar-refractivity contribution is 6.35. The molecule has 0 atom stereocenters. The first-order valence-corrected chi connectivity index (χ1v) is 6.85. The summed E-state index contributed by atoms with van der Waals surface area (Å²) in [5.74, 6) is 0.306. The first-order chi connectivity index (χ1) is 8.66. The van der Waals surface area contributed by atoms with Gasteiger partial charge in [-0.2, -0.15) is 0 Å². The van der Waals surface area contributed by atoms with Crippen molar-refractivity contribution in [3.05, 3.63) is 33.8 Å². The van der Waals surface area contributed by atoms with E-state index in [1.54, 1.807) is 6.07 Å². The van der Waals surface area contributed by atoms with Crippen LogP contribution in [0.4, 0.5) is 0 Å². The van der Waals surface area contributed by atoms with Gasteiger partial charge in [0.05, 0.1) is 5.92 Å². The van der Waals surface area contributed by atoms with Gasteiger partial charge in [0.1, 0.15) is 0 Å². The summed E-state index contributed by atoms with van der Waals surface area (Å²) in [6, 6.07) is 5.51. The fraction of sp³-hybridized carbons (Fsp3) is 0.462. The number of halogens is 2. The minimum absolute atomic E-state index is 0.149. The number of carbonyl (C=O) groups excluding carboxylic acids is 1. The highest BCUT2D eigenvalue weighted by Crippen LogP contribution is 2.21. The Labute approximate surface area is 117 Å². The zero-order valence-electron chi connectivity index (χ0n) is 10.0. The van der Waals surface area contributed by atoms with Crippen LogP contribution in [0.3, 0.4) is 0 Å². The molecule has 1 fully saturated rings. The lowest BCUT2D eigenvalue weighted by Crippen LogP contribution is -2.50. The van der Waals surface area contributed by atoms with E-state index < -0.39 is 0 Å². The molecule has 0 spiro atoms. The van der Waals surface area contributed by atoms with Crippen molar-refractivity contribution < 1.29 is 4.79 Å². The van der Waals surface area contributed by atoms with Gasteiger partial charge in [0, 0.05) is 29.7 Å². The normalized spacial score (nSPS) is 15.2. The fourth-order valence-corrected chi connectivity index (χ4v) is 2.34. The molecule has 0 aromatic heterocycles. The largest absolute Gasteiger partial charge is 0.356 e. The zero-order valence-corrected chi connectivity index (χ0v) is 11.5. The van der Waals surface area contributed by atoms with E-state index in [-0.39, 0.29) is 11.8 Å². The minimum atomic E-state index is 0.149. The third-order valence-electron chi connectivity index (χ3n) is 3.09. The Morgan fingerprint density at radius 2 is 2.17 bits per heavy atom. The van der Waals surface area contributed by atoms with Crippen molar-refractivity contribution in [1.82, 2.24) is 10.6 Å². The average molecular weight is 287 g/mol. The lowest BCUT2D eigenvalue weighted by Gasteiger charge is -2.25. The molecule has 1 aliphatic heterocycles. The van der Waals surface area contributed by atoms with Gasteiger partial charge in [0.15, 0.2) is 0 Å². The smallest absolute Gasteiger partial charge is 0.225 e. The number of aryl methyl sites for hydroxylation is 1. The summed E-state index contributed by atoms with van der Waals surface area (Å²) in [5, 5.41) is 7.36. The van der Waals surface area contributed by atoms with Crippen molar-refractivity contribution in [1.29, 1.82) is 0 Å². The number of hydrogen-bond acceptors (Lipinski definition) is 2. The molecule has 3 nitrogen and oxygen atoms in total. The molecule has 2 N–H and O–H groups in total. The van der Waals surface area contributed by atoms with Crippen LogP contribution >= 0.6 is 23.2 Å². The molecular weight excluding hydrogens is 271 g/mol. The molecule has 18 heavy (non-hydrogen) atoms. The monoisotopic (exact) mass is 286 g/mol. The predicted molar refractivity (Wildman–Crippen MR) is 74.2 cm³/mol. The molecule has 1 aromatic carbocycles. The van der Waals surface area contributed by atoms with E-state index in [0.717, 1.165) is 31.5 Å². The molecule has 1 heterocycles. The van der Waals surface area contributed by atoms with E-state index >= 15 is 0 Å². The maximum absolute atomic E-state index is 11.6. The van der Waals surface area contributed by atoms with Crippen LogP contribution in [0.2, 0.25) is 10.0 Å². The molecule has 1 aromatic rings. The van der Waals surface area contributed by atoms with E-state index in [4.69, 9.17) is 23.2 Å². The Hall–Kier alpha value is -0.770. The Kier molecular flexibility index (Phi) is 4.87. The van der Waals surface area contributed by atoms with Gasteiger partial charge in [-0.15, -0.1) is 0 Å². The van der Waals surface area contributed by atoms with Crippen LogP contribution in [0.5, 0.6) is 0 Å². The molecule has 1 saturated heterocycles. The van der Waals surface area contributed by atoms with E-state index in [9.17, 15) is 4.79 Å². The molecule has 98 valence electrons. The van der Waals surface area contributed by atoms with Crippen molar-refractivity contribution >= 4 is 29.1 Å². The number of carbonyl (C=O) groups is 1. The predicted octanol–water partition coefficient (Wildman–Crippen LogP) is 2.26. The standard InChI is InChI=1S/C13H16Cl2N2O/c14-11-4-3-9(12(15)6-11)2-1-5-17-13(18)10-7-16-8-10/h3-4,6,10,16H,1-2,5,7-8H2,(H,17,18). The topological polar surface area (TPSA) is 41.1 Å². The first kappa shape index (κ1) is 13.7. The Morgan fingerprint density at radius 3 is 2.78 bits per heavy atom. The maximum atomic E-state index is 11.6. The number of amides is 1. The summed E-state index contributed by atoms with van der Waals surface area (Å²) in [5.41, 5.74) is 1.07. The van der Waals surface area contributed by atoms with E-state index in [2.05, 4.69) is 10.6 Å². The third kappa shape index (κ3) is 3.61. The van der Waals surface area contributed by atoms with Crippen LogP contribution in [0, 0.1) is 5.92 Å². The zero-order chi connectivity index (χ0) is 13.0. The van der Waals surface area contributed by atoms with Gasteiger partial charge in [-0.3, -0.25) is 4.79 Å². The van der Waals surface area contributed by atoms with Crippen LogP contribution in [0.1, 0.15) is 12.0 Å². The molecule has 0 bridgehead atoms. The summed E-state index contributed by atoms with van der Waals surface area (Å²) >= 11 is 11.9. The minimum Gasteiger partial charge on any atom is -0.356 e. The Balaban J connectivity index is 1.70. The lowest BCUT2D eigenvalue weighted by atomic mass is 10.0. The molecule has 0 unspecified atom stereocenters. The molecule has 5 heteroatoms. The number of nitrogens with one attached hydrogen (secondary N) is 2. The molecule has 0 aliphatic carbocycles. The Bertz CT molecular complexity index is 433. The first-order valence-electron chi connectivity index (χ1n) is 6.09. The molecule has 1 aliphatic rings. The van der Waals surface area contributed by atoms with Gasteiger partial charge in [-0.25, -0.2) is 0 Å². The van der Waals surface area contributed by atoms with Crippen molar-refractivity contribution in [3.63, 3.8) is 0 Å². The molecule has 2 rings (SSSR count). The average Bonchev–Trinajstić information content (AvgIpc) is 2.24. The van der Waals surface area contributed by atoms with Gasteiger partial charge >= 0.3 is 0 Å². The van der Waals surface area contributed by atoms with Gasteiger partial charge in [0.25, 0.3) is 0 Å². The quantitative estimate of drug-likeness (QED) is 0.816. The second-order valence-corrected chi connectivity index (χ2v) is 5.33. The van der Waals surface area contributed by atoms with Crippen LogP contribution in [0.15, 0.2) is 18.2 Å². The summed E-state index contributed by atoms with van der Waals surface area (Å²) in [7, 11) is 0. The summed E-state index contributed by atoms with van der Waals surface area (Å²) in [4.78, 5) is 11.6. The number of rotatable bonds is 5. The van der Waals surface area contributed by atoms with Gasteiger partial charge in [-0.05, 0) is 30.5 Å². The Morgan fingerprint density at radius 1 is 1.39 bits per heavy atom. The molecule has 0 saturated carbocycles. The van der Waals surface area contributed by atoms with E-state index in [1.165, 1.54) is 0 Å². The summed E-state index contributed by atoms with van der Waals surface area (Å²) in [6.07, 6.45) is 1.73. The van der Waals surface area contributed by atoms with E-state index in [1.807, 2.05) is 12.1 Å². The molecular formula is C13H16Cl2N2O. The highest BCUT2D eigenvalue weighted by Gasteiger charge is 2.23. The summed E-state index contributed by atoms with van der Waals surface area (Å²) < 4.78 is 0.